The Bertz CT molecular complexity index is 364. The van der Waals surface area contributed by atoms with Gasteiger partial charge >= 0.3 is 5.97 Å². The Kier molecular flexibility index (Phi) is 3.96. The highest BCUT2D eigenvalue weighted by Crippen LogP contribution is 2.35. The van der Waals surface area contributed by atoms with Gasteiger partial charge in [0.2, 0.25) is 0 Å². The molecule has 1 rings (SSSR count). The maximum Gasteiger partial charge on any atom is 0.338 e. The summed E-state index contributed by atoms with van der Waals surface area (Å²) < 4.78 is 4.72. The highest BCUT2D eigenvalue weighted by atomic mass is 16.5. The largest absolute Gasteiger partial charge is 0.504 e. The van der Waals surface area contributed by atoms with Gasteiger partial charge in [0, 0.05) is 13.0 Å². The van der Waals surface area contributed by atoms with E-state index in [9.17, 15) is 4.79 Å². The van der Waals surface area contributed by atoms with E-state index in [1.807, 2.05) is 0 Å². The fourth-order valence-corrected chi connectivity index (χ4v) is 1.03. The van der Waals surface area contributed by atoms with E-state index in [1.165, 1.54) is 0 Å². The number of aliphatic hydroxyl groups is 1. The van der Waals surface area contributed by atoms with Gasteiger partial charge in [0.05, 0.1) is 12.2 Å². The molecule has 0 spiro atoms. The van der Waals surface area contributed by atoms with Gasteiger partial charge in [-0.15, -0.1) is 0 Å². The molecular weight excluding hydrogens is 216 g/mol. The van der Waals surface area contributed by atoms with Gasteiger partial charge in [-0.1, -0.05) is 0 Å². The third-order valence-electron chi connectivity index (χ3n) is 1.84. The van der Waals surface area contributed by atoms with Crippen molar-refractivity contribution in [2.24, 2.45) is 0 Å². The Balaban J connectivity index is 2.76. The van der Waals surface area contributed by atoms with Crippen LogP contribution in [0.3, 0.4) is 0 Å². The van der Waals surface area contributed by atoms with Crippen LogP contribution in [0.15, 0.2) is 12.1 Å². The number of hydrogen-bond donors (Lipinski definition) is 4. The minimum absolute atomic E-state index is 0.0394. The summed E-state index contributed by atoms with van der Waals surface area (Å²) >= 11 is 0. The van der Waals surface area contributed by atoms with Crippen LogP contribution in [0.2, 0.25) is 0 Å². The molecule has 16 heavy (non-hydrogen) atoms. The van der Waals surface area contributed by atoms with Crippen LogP contribution in [0.1, 0.15) is 16.8 Å². The Labute approximate surface area is 91.3 Å². The lowest BCUT2D eigenvalue weighted by Gasteiger charge is -2.06. The lowest BCUT2D eigenvalue weighted by molar-refractivity contribution is 0.0481. The number of phenolic OH excluding ortho intramolecular Hbond substituents is 3. The molecule has 0 aromatic heterocycles. The second kappa shape index (κ2) is 5.22. The zero-order valence-electron chi connectivity index (χ0n) is 8.38. The molecule has 0 amide bonds. The number of aliphatic hydroxyl groups excluding tert-OH is 1. The highest BCUT2D eigenvalue weighted by molar-refractivity contribution is 5.91. The van der Waals surface area contributed by atoms with Crippen molar-refractivity contribution in [2.75, 3.05) is 13.2 Å². The average Bonchev–Trinajstić information content (AvgIpc) is 2.25. The summed E-state index contributed by atoms with van der Waals surface area (Å²) in [7, 11) is 0. The van der Waals surface area contributed by atoms with Crippen molar-refractivity contribution in [3.8, 4) is 17.2 Å². The van der Waals surface area contributed by atoms with Gasteiger partial charge in [-0.25, -0.2) is 4.79 Å². The molecule has 88 valence electrons. The second-order valence-electron chi connectivity index (χ2n) is 3.08. The highest BCUT2D eigenvalue weighted by Gasteiger charge is 2.14. The molecular formula is C10H12O6. The summed E-state index contributed by atoms with van der Waals surface area (Å²) in [5, 5.41) is 35.8. The van der Waals surface area contributed by atoms with E-state index in [4.69, 9.17) is 25.2 Å². The third kappa shape index (κ3) is 2.77. The summed E-state index contributed by atoms with van der Waals surface area (Å²) in [6, 6.07) is 1.96. The monoisotopic (exact) mass is 228 g/mol. The van der Waals surface area contributed by atoms with Crippen LogP contribution < -0.4 is 0 Å². The molecule has 0 atom stereocenters. The zero-order chi connectivity index (χ0) is 12.1. The standard InChI is InChI=1S/C10H12O6/c11-2-1-3-16-10(15)6-4-7(12)9(14)8(13)5-6/h4-5,11-14H,1-3H2. The number of carbonyl (C=O) groups excluding carboxylic acids is 1. The van der Waals surface area contributed by atoms with Gasteiger partial charge in [-0.05, 0) is 12.1 Å². The average molecular weight is 228 g/mol. The number of benzene rings is 1. The van der Waals surface area contributed by atoms with Gasteiger partial charge in [-0.2, -0.15) is 0 Å². The summed E-state index contributed by atoms with van der Waals surface area (Å²) in [5.41, 5.74) is -0.0780. The number of hydrogen-bond acceptors (Lipinski definition) is 6. The quantitative estimate of drug-likeness (QED) is 0.336. The van der Waals surface area contributed by atoms with Crippen molar-refractivity contribution < 1.29 is 30.0 Å². The van der Waals surface area contributed by atoms with E-state index in [0.29, 0.717) is 6.42 Å². The topological polar surface area (TPSA) is 107 Å². The third-order valence-corrected chi connectivity index (χ3v) is 1.84. The molecule has 0 aliphatic carbocycles. The van der Waals surface area contributed by atoms with Crippen LogP contribution in [0.5, 0.6) is 17.2 Å². The molecule has 1 aromatic rings. The molecule has 0 bridgehead atoms. The van der Waals surface area contributed by atoms with Gasteiger partial charge in [-0.3, -0.25) is 0 Å². The van der Waals surface area contributed by atoms with E-state index in [2.05, 4.69) is 0 Å². The van der Waals surface area contributed by atoms with E-state index < -0.39 is 23.2 Å². The van der Waals surface area contributed by atoms with Gasteiger partial charge in [0.1, 0.15) is 0 Å². The summed E-state index contributed by atoms with van der Waals surface area (Å²) in [6.07, 6.45) is 0.307. The Morgan fingerprint density at radius 3 is 2.25 bits per heavy atom. The smallest absolute Gasteiger partial charge is 0.338 e. The van der Waals surface area contributed by atoms with Crippen molar-refractivity contribution in [3.63, 3.8) is 0 Å². The predicted octanol–water partition coefficient (Wildman–Crippen LogP) is 0.343. The molecule has 0 unspecified atom stereocenters. The molecule has 1 aromatic carbocycles. The number of phenols is 3. The van der Waals surface area contributed by atoms with Crippen LogP contribution >= 0.6 is 0 Å². The van der Waals surface area contributed by atoms with Gasteiger partial charge in [0.25, 0.3) is 0 Å². The first-order valence-corrected chi connectivity index (χ1v) is 4.59. The fraction of sp³-hybridized carbons (Fsp3) is 0.300. The number of rotatable bonds is 4. The van der Waals surface area contributed by atoms with Crippen LogP contribution in [0, 0.1) is 0 Å². The molecule has 0 radical (unpaired) electrons. The van der Waals surface area contributed by atoms with Gasteiger partial charge < -0.3 is 25.2 Å². The molecule has 0 aliphatic rings. The van der Waals surface area contributed by atoms with Crippen molar-refractivity contribution in [1.82, 2.24) is 0 Å². The zero-order valence-corrected chi connectivity index (χ0v) is 8.38. The van der Waals surface area contributed by atoms with E-state index in [0.717, 1.165) is 12.1 Å². The minimum atomic E-state index is -0.751. The van der Waals surface area contributed by atoms with Crippen LogP contribution in [0.25, 0.3) is 0 Å². The maximum atomic E-state index is 11.3. The van der Waals surface area contributed by atoms with Crippen LogP contribution in [-0.4, -0.2) is 39.6 Å². The molecule has 6 heteroatoms. The lowest BCUT2D eigenvalue weighted by atomic mass is 10.2. The molecule has 0 saturated heterocycles. The molecule has 0 heterocycles. The summed E-state index contributed by atoms with van der Waals surface area (Å²) in [4.78, 5) is 11.3. The van der Waals surface area contributed by atoms with Crippen molar-refractivity contribution in [2.45, 2.75) is 6.42 Å². The number of ether oxygens (including phenoxy) is 1. The van der Waals surface area contributed by atoms with E-state index >= 15 is 0 Å². The van der Waals surface area contributed by atoms with Gasteiger partial charge in [0.15, 0.2) is 17.2 Å². The van der Waals surface area contributed by atoms with E-state index in [1.54, 1.807) is 0 Å². The van der Waals surface area contributed by atoms with Crippen molar-refractivity contribution >= 4 is 5.97 Å². The van der Waals surface area contributed by atoms with Crippen LogP contribution in [-0.2, 0) is 4.74 Å². The Morgan fingerprint density at radius 1 is 1.19 bits per heavy atom. The first kappa shape index (κ1) is 12.1. The number of esters is 1. The van der Waals surface area contributed by atoms with E-state index in [-0.39, 0.29) is 18.8 Å². The molecule has 6 nitrogen and oxygen atoms in total. The SMILES string of the molecule is O=C(OCCCO)c1cc(O)c(O)c(O)c1. The van der Waals surface area contributed by atoms with Crippen molar-refractivity contribution in [3.05, 3.63) is 17.7 Å². The Hall–Kier alpha value is -1.95. The first-order valence-electron chi connectivity index (χ1n) is 4.59. The Morgan fingerprint density at radius 2 is 1.75 bits per heavy atom. The van der Waals surface area contributed by atoms with Crippen molar-refractivity contribution in [1.29, 1.82) is 0 Å². The molecule has 4 N–H and O–H groups in total. The lowest BCUT2D eigenvalue weighted by Crippen LogP contribution is -2.07. The first-order chi connectivity index (χ1) is 7.56. The van der Waals surface area contributed by atoms with Crippen LogP contribution in [0.4, 0.5) is 0 Å². The molecule has 0 saturated carbocycles. The predicted molar refractivity (Wildman–Crippen MR) is 53.4 cm³/mol. The fourth-order valence-electron chi connectivity index (χ4n) is 1.03. The molecule has 0 fully saturated rings. The maximum absolute atomic E-state index is 11.3. The molecule has 0 aliphatic heterocycles. The second-order valence-corrected chi connectivity index (χ2v) is 3.08. The normalized spacial score (nSPS) is 10.1. The minimum Gasteiger partial charge on any atom is -0.504 e. The summed E-state index contributed by atoms with van der Waals surface area (Å²) in [5.74, 6) is -2.64. The number of carbonyl (C=O) groups is 1. The summed E-state index contributed by atoms with van der Waals surface area (Å²) in [6.45, 7) is -0.0584. The number of aromatic hydroxyl groups is 3.